The van der Waals surface area contributed by atoms with Crippen LogP contribution in [0, 0.1) is 13.8 Å². The summed E-state index contributed by atoms with van der Waals surface area (Å²) >= 11 is 5.96. The predicted octanol–water partition coefficient (Wildman–Crippen LogP) is 13.3. The van der Waals surface area contributed by atoms with Gasteiger partial charge in [-0.05, 0) is 54.1 Å². The molecule has 5 heteroatoms. The van der Waals surface area contributed by atoms with E-state index in [-0.39, 0.29) is 23.1 Å². The van der Waals surface area contributed by atoms with Crippen LogP contribution in [-0.4, -0.2) is 23.1 Å². The fourth-order valence-corrected chi connectivity index (χ4v) is 5.75. The molecule has 0 aromatic heterocycles. The first-order valence-electron chi connectivity index (χ1n) is 14.6. The van der Waals surface area contributed by atoms with Gasteiger partial charge < -0.3 is 13.8 Å². The van der Waals surface area contributed by atoms with Gasteiger partial charge in [0, 0.05) is 25.3 Å². The number of thiol groups is 1. The van der Waals surface area contributed by atoms with Crippen molar-refractivity contribution in [1.82, 2.24) is 0 Å². The summed E-state index contributed by atoms with van der Waals surface area (Å²) in [6.45, 7) is 11.4. The van der Waals surface area contributed by atoms with Crippen molar-refractivity contribution in [3.05, 3.63) is 171 Å². The predicted molar refractivity (Wildman–Crippen MR) is 207 cm³/mol. The molecule has 0 heterocycles. The molecule has 5 aromatic carbocycles. The number of benzene rings is 5. The maximum atomic E-state index is 4.08. The third-order valence-corrected chi connectivity index (χ3v) is 8.97. The molecule has 0 aliphatic heterocycles. The second-order valence-corrected chi connectivity index (χ2v) is 12.8. The van der Waals surface area contributed by atoms with Crippen molar-refractivity contribution in [2.24, 2.45) is 0 Å². The van der Waals surface area contributed by atoms with Crippen LogP contribution in [0.3, 0.4) is 0 Å². The summed E-state index contributed by atoms with van der Waals surface area (Å²) in [6, 6.07) is 51.7. The molecular weight excluding hydrogens is 621 g/mol. The van der Waals surface area contributed by atoms with Crippen molar-refractivity contribution < 1.29 is 0 Å². The van der Waals surface area contributed by atoms with Gasteiger partial charge in [0.25, 0.3) is 0 Å². The molecule has 0 N–H and O–H groups in total. The summed E-state index contributed by atoms with van der Waals surface area (Å²) < 4.78 is 0. The van der Waals surface area contributed by atoms with Gasteiger partial charge in [0.15, 0.2) is 0 Å². The van der Waals surface area contributed by atoms with Crippen LogP contribution in [0.4, 0.5) is 0 Å². The van der Waals surface area contributed by atoms with Crippen molar-refractivity contribution in [1.29, 1.82) is 0 Å². The molecule has 44 heavy (non-hydrogen) atoms. The van der Waals surface area contributed by atoms with Crippen LogP contribution in [0.1, 0.15) is 45.1 Å². The molecule has 0 bridgehead atoms. The number of unbranched alkanes of at least 4 members (excludes halogenated alkanes) is 2. The third-order valence-electron chi connectivity index (χ3n) is 5.18. The molecule has 0 fully saturated rings. The first kappa shape index (κ1) is 42.3. The maximum Gasteiger partial charge on any atom is 2.00 e. The van der Waals surface area contributed by atoms with Gasteiger partial charge >= 0.3 is 23.1 Å². The quantitative estimate of drug-likeness (QED) is 0.0576. The first-order chi connectivity index (χ1) is 21.1. The number of rotatable bonds is 8. The molecule has 5 aromatic rings. The van der Waals surface area contributed by atoms with Crippen LogP contribution in [0.15, 0.2) is 171 Å². The van der Waals surface area contributed by atoms with Crippen LogP contribution < -0.4 is 0 Å². The van der Waals surface area contributed by atoms with E-state index in [9.17, 15) is 0 Å². The average molecular weight is 667 g/mol. The topological polar surface area (TPSA) is 0 Å². The van der Waals surface area contributed by atoms with Crippen LogP contribution in [0.2, 0.25) is 0 Å². The molecule has 228 valence electrons. The van der Waals surface area contributed by atoms with E-state index < -0.39 is 0 Å². The molecule has 0 aliphatic carbocycles. The number of hydrogen-bond donors (Lipinski definition) is 1. The average Bonchev–Trinajstić information content (AvgIpc) is 3.09. The van der Waals surface area contributed by atoms with Gasteiger partial charge in [-0.3, -0.25) is 0 Å². The van der Waals surface area contributed by atoms with Gasteiger partial charge in [0.05, 0.1) is 0 Å². The van der Waals surface area contributed by atoms with Crippen LogP contribution in [0.5, 0.6) is 0 Å². The van der Waals surface area contributed by atoms with E-state index in [0.29, 0.717) is 0 Å². The zero-order valence-electron chi connectivity index (χ0n) is 26.3. The van der Waals surface area contributed by atoms with Crippen LogP contribution in [-0.2, 0) is 5.75 Å². The van der Waals surface area contributed by atoms with Crippen molar-refractivity contribution in [2.45, 2.75) is 64.9 Å². The zero-order chi connectivity index (χ0) is 31.2. The zero-order valence-corrected chi connectivity index (χ0v) is 31.0. The Labute approximate surface area is 302 Å². The molecule has 0 atom stereocenters. The summed E-state index contributed by atoms with van der Waals surface area (Å²) in [6.07, 6.45) is 4.56. The van der Waals surface area contributed by atoms with Crippen molar-refractivity contribution >= 4 is 69.0 Å². The largest absolute Gasteiger partial charge is 2.00 e. The van der Waals surface area contributed by atoms with Crippen LogP contribution in [0.25, 0.3) is 0 Å². The van der Waals surface area contributed by atoms with Crippen molar-refractivity contribution in [3.8, 4) is 0 Å². The summed E-state index contributed by atoms with van der Waals surface area (Å²) in [5, 5.41) is 0. The smallest absolute Gasteiger partial charge is 0.343 e. The SMILES string of the molecule is Sc1ccccc1.[CH2-]CCC.[CH2-]CCC.[Mg+2].c1ccc(CSc2ccccc2)cc1.c1ccc(SSc2ccccc2)cc1. The minimum absolute atomic E-state index is 0. The molecule has 0 amide bonds. The molecule has 0 unspecified atom stereocenters. The number of hydrogen-bond acceptors (Lipinski definition) is 4. The van der Waals surface area contributed by atoms with Gasteiger partial charge in [-0.15, -0.1) is 24.4 Å². The molecule has 5 rings (SSSR count). The van der Waals surface area contributed by atoms with E-state index in [2.05, 4.69) is 143 Å². The van der Waals surface area contributed by atoms with E-state index in [0.717, 1.165) is 23.5 Å². The summed E-state index contributed by atoms with van der Waals surface area (Å²) in [5.74, 6) is 1.05. The molecule has 0 nitrogen and oxygen atoms in total. The van der Waals surface area contributed by atoms with Gasteiger partial charge in [0.2, 0.25) is 0 Å². The minimum Gasteiger partial charge on any atom is -0.343 e. The normalized spacial score (nSPS) is 9.11. The Kier molecular flexibility index (Phi) is 30.0. The Morgan fingerprint density at radius 3 is 1.07 bits per heavy atom. The van der Waals surface area contributed by atoms with E-state index in [1.807, 2.05) is 60.3 Å². The minimum atomic E-state index is 0. The molecule has 0 spiro atoms. The molecule has 0 radical (unpaired) electrons. The van der Waals surface area contributed by atoms with Gasteiger partial charge in [-0.25, -0.2) is 0 Å². The Morgan fingerprint density at radius 2 is 0.773 bits per heavy atom. The Hall–Kier alpha value is -1.73. The van der Waals surface area contributed by atoms with Crippen LogP contribution >= 0.6 is 46.0 Å². The second-order valence-electron chi connectivity index (χ2n) is 8.92. The monoisotopic (exact) mass is 666 g/mol. The molecule has 0 saturated heterocycles. The third kappa shape index (κ3) is 24.6. The summed E-state index contributed by atoms with van der Waals surface area (Å²) in [5.41, 5.74) is 1.38. The Morgan fingerprint density at radius 1 is 0.477 bits per heavy atom. The molecule has 0 aliphatic rings. The van der Waals surface area contributed by atoms with E-state index >= 15 is 0 Å². The van der Waals surface area contributed by atoms with Gasteiger partial charge in [-0.2, -0.15) is 12.8 Å². The summed E-state index contributed by atoms with van der Waals surface area (Å²) in [7, 11) is 3.58. The maximum absolute atomic E-state index is 4.08. The molecule has 0 saturated carbocycles. The van der Waals surface area contributed by atoms with Crippen molar-refractivity contribution in [2.75, 3.05) is 0 Å². The fourth-order valence-electron chi connectivity index (χ4n) is 2.73. The number of thioether (sulfide) groups is 1. The fraction of sp³-hybridized carbons (Fsp3) is 0.179. The van der Waals surface area contributed by atoms with E-state index in [1.165, 1.54) is 33.1 Å². The van der Waals surface area contributed by atoms with Crippen molar-refractivity contribution in [3.63, 3.8) is 0 Å². The Bertz CT molecular complexity index is 1070. The van der Waals surface area contributed by atoms with E-state index in [1.54, 1.807) is 21.6 Å². The van der Waals surface area contributed by atoms with E-state index in [4.69, 9.17) is 0 Å². The Balaban J connectivity index is 0.000000576. The first-order valence-corrected chi connectivity index (χ1v) is 18.2. The van der Waals surface area contributed by atoms with Gasteiger partial charge in [0.1, 0.15) is 0 Å². The summed E-state index contributed by atoms with van der Waals surface area (Å²) in [4.78, 5) is 4.93. The van der Waals surface area contributed by atoms with Gasteiger partial charge in [-0.1, -0.05) is 151 Å². The standard InChI is InChI=1S/C13H12S.C12H10S2.C6H6S.2C4H9.Mg/c1-3-7-12(8-4-1)11-14-13-9-5-2-6-10-13;1-3-7-11(8-4-1)13-14-12-9-5-2-6-10-12;7-6-4-2-1-3-5-6;2*1-3-4-2;/h1-10H,11H2;1-10H;1-5,7H;2*1,3-4H2,2H3;/q;;;2*-1;+2. The second kappa shape index (κ2) is 31.3. The molecular formula is C39H46MgS4.